The van der Waals surface area contributed by atoms with Crippen molar-refractivity contribution in [1.82, 2.24) is 19.7 Å². The summed E-state index contributed by atoms with van der Waals surface area (Å²) in [7, 11) is 0. The molecule has 1 aromatic carbocycles. The van der Waals surface area contributed by atoms with Crippen LogP contribution in [0.2, 0.25) is 0 Å². The Morgan fingerprint density at radius 3 is 2.94 bits per heavy atom. The maximum Gasteiger partial charge on any atom is 0.242 e. The van der Waals surface area contributed by atoms with E-state index in [0.29, 0.717) is 5.95 Å². The minimum absolute atomic E-state index is 0.618. The molecule has 0 aliphatic rings. The highest BCUT2D eigenvalue weighted by Crippen LogP contribution is 2.14. The van der Waals surface area contributed by atoms with Crippen molar-refractivity contribution in [2.24, 2.45) is 0 Å². The fourth-order valence-electron chi connectivity index (χ4n) is 1.80. The number of anilines is 1. The van der Waals surface area contributed by atoms with E-state index >= 15 is 0 Å². The van der Waals surface area contributed by atoms with Crippen LogP contribution in [-0.4, -0.2) is 26.3 Å². The zero-order chi connectivity index (χ0) is 12.4. The van der Waals surface area contributed by atoms with Crippen LogP contribution in [0.4, 0.5) is 5.95 Å². The number of nitrogens with one attached hydrogen (secondary N) is 1. The van der Waals surface area contributed by atoms with Crippen molar-refractivity contribution >= 4 is 16.9 Å². The molecule has 5 nitrogen and oxygen atoms in total. The molecule has 0 bridgehead atoms. The molecule has 0 saturated heterocycles. The van der Waals surface area contributed by atoms with Crippen molar-refractivity contribution in [3.8, 4) is 5.82 Å². The van der Waals surface area contributed by atoms with Crippen LogP contribution in [0, 0.1) is 0 Å². The maximum atomic E-state index is 4.55. The summed E-state index contributed by atoms with van der Waals surface area (Å²) < 4.78 is 1.67. The quantitative estimate of drug-likeness (QED) is 0.761. The van der Waals surface area contributed by atoms with Crippen molar-refractivity contribution < 1.29 is 0 Å². The highest BCUT2D eigenvalue weighted by molar-refractivity contribution is 5.79. The summed E-state index contributed by atoms with van der Waals surface area (Å²) in [5, 5.41) is 8.49. The Balaban J connectivity index is 2.02. The minimum Gasteiger partial charge on any atom is -0.353 e. The predicted octanol–water partition coefficient (Wildman–Crippen LogP) is 2.25. The van der Waals surface area contributed by atoms with Gasteiger partial charge in [0.25, 0.3) is 0 Å². The first-order valence-electron chi connectivity index (χ1n) is 5.88. The Morgan fingerprint density at radius 2 is 2.06 bits per heavy atom. The fourth-order valence-corrected chi connectivity index (χ4v) is 1.80. The Kier molecular flexibility index (Phi) is 2.64. The second-order valence-corrected chi connectivity index (χ2v) is 3.91. The van der Waals surface area contributed by atoms with E-state index in [1.807, 2.05) is 43.3 Å². The summed E-state index contributed by atoms with van der Waals surface area (Å²) in [6.07, 6.45) is 1.66. The van der Waals surface area contributed by atoms with E-state index in [0.717, 1.165) is 23.3 Å². The summed E-state index contributed by atoms with van der Waals surface area (Å²) in [6.45, 7) is 2.81. The molecule has 3 rings (SSSR count). The van der Waals surface area contributed by atoms with Gasteiger partial charge in [-0.3, -0.25) is 0 Å². The Labute approximate surface area is 104 Å². The molecule has 18 heavy (non-hydrogen) atoms. The van der Waals surface area contributed by atoms with Gasteiger partial charge in [-0.25, -0.2) is 14.6 Å². The molecule has 0 radical (unpaired) electrons. The van der Waals surface area contributed by atoms with Crippen molar-refractivity contribution in [1.29, 1.82) is 0 Å². The van der Waals surface area contributed by atoms with Gasteiger partial charge in [0.15, 0.2) is 5.82 Å². The predicted molar refractivity (Wildman–Crippen MR) is 70.8 cm³/mol. The molecule has 5 heteroatoms. The molecule has 0 amide bonds. The molecule has 1 N–H and O–H groups in total. The first-order valence-corrected chi connectivity index (χ1v) is 5.88. The first kappa shape index (κ1) is 10.7. The van der Waals surface area contributed by atoms with Crippen LogP contribution in [0.1, 0.15) is 6.92 Å². The van der Waals surface area contributed by atoms with Gasteiger partial charge in [0.2, 0.25) is 5.95 Å². The number of para-hydroxylation sites is 1. The molecule has 3 aromatic rings. The lowest BCUT2D eigenvalue weighted by atomic mass is 10.2. The average molecular weight is 239 g/mol. The van der Waals surface area contributed by atoms with Gasteiger partial charge >= 0.3 is 0 Å². The normalized spacial score (nSPS) is 10.7. The first-order chi connectivity index (χ1) is 8.86. The highest BCUT2D eigenvalue weighted by Gasteiger charge is 2.03. The number of hydrogen-bond acceptors (Lipinski definition) is 4. The van der Waals surface area contributed by atoms with Crippen molar-refractivity contribution in [2.45, 2.75) is 6.92 Å². The SMILES string of the molecule is CCNc1ncn(-c2ccc3ccccc3n2)n1. The van der Waals surface area contributed by atoms with Gasteiger partial charge < -0.3 is 5.32 Å². The molecule has 0 saturated carbocycles. The zero-order valence-electron chi connectivity index (χ0n) is 10.0. The molecule has 0 spiro atoms. The largest absolute Gasteiger partial charge is 0.353 e. The molecule has 0 atom stereocenters. The van der Waals surface area contributed by atoms with Crippen molar-refractivity contribution in [3.63, 3.8) is 0 Å². The third-order valence-corrected chi connectivity index (χ3v) is 2.65. The summed E-state index contributed by atoms with van der Waals surface area (Å²) in [5.74, 6) is 1.39. The van der Waals surface area contributed by atoms with Gasteiger partial charge in [-0.05, 0) is 25.1 Å². The third-order valence-electron chi connectivity index (χ3n) is 2.65. The van der Waals surface area contributed by atoms with E-state index in [1.165, 1.54) is 0 Å². The monoisotopic (exact) mass is 239 g/mol. The van der Waals surface area contributed by atoms with Crippen LogP contribution in [0.15, 0.2) is 42.7 Å². The van der Waals surface area contributed by atoms with Gasteiger partial charge in [0.05, 0.1) is 5.52 Å². The van der Waals surface area contributed by atoms with Crippen LogP contribution in [0.25, 0.3) is 16.7 Å². The Morgan fingerprint density at radius 1 is 1.17 bits per heavy atom. The lowest BCUT2D eigenvalue weighted by Crippen LogP contribution is -2.01. The van der Waals surface area contributed by atoms with Crippen LogP contribution in [0.5, 0.6) is 0 Å². The van der Waals surface area contributed by atoms with E-state index in [-0.39, 0.29) is 0 Å². The number of pyridine rings is 1. The lowest BCUT2D eigenvalue weighted by Gasteiger charge is -2.01. The summed E-state index contributed by atoms with van der Waals surface area (Å²) in [4.78, 5) is 8.71. The van der Waals surface area contributed by atoms with Crippen LogP contribution < -0.4 is 5.32 Å². The van der Waals surface area contributed by atoms with E-state index in [9.17, 15) is 0 Å². The van der Waals surface area contributed by atoms with Crippen LogP contribution in [0.3, 0.4) is 0 Å². The Hall–Kier alpha value is -2.43. The standard InChI is InChI=1S/C13H13N5/c1-2-14-13-15-9-18(17-13)12-8-7-10-5-3-4-6-11(10)16-12/h3-9H,2H2,1H3,(H,14,17). The number of fused-ring (bicyclic) bond motifs is 1. The van der Waals surface area contributed by atoms with E-state index in [1.54, 1.807) is 11.0 Å². The van der Waals surface area contributed by atoms with Gasteiger partial charge in [-0.2, -0.15) is 0 Å². The summed E-state index contributed by atoms with van der Waals surface area (Å²) in [6, 6.07) is 12.0. The second-order valence-electron chi connectivity index (χ2n) is 3.91. The number of aromatic nitrogens is 4. The summed E-state index contributed by atoms with van der Waals surface area (Å²) in [5.41, 5.74) is 0.954. The number of hydrogen-bond donors (Lipinski definition) is 1. The number of nitrogens with zero attached hydrogens (tertiary/aromatic N) is 4. The fraction of sp³-hybridized carbons (Fsp3) is 0.154. The second kappa shape index (κ2) is 4.44. The van der Waals surface area contributed by atoms with Gasteiger partial charge in [-0.15, -0.1) is 5.10 Å². The Bertz CT molecular complexity index is 674. The highest BCUT2D eigenvalue weighted by atomic mass is 15.4. The average Bonchev–Trinajstić information content (AvgIpc) is 2.87. The van der Waals surface area contributed by atoms with Crippen LogP contribution >= 0.6 is 0 Å². The van der Waals surface area contributed by atoms with E-state index in [4.69, 9.17) is 0 Å². The van der Waals surface area contributed by atoms with Crippen molar-refractivity contribution in [2.75, 3.05) is 11.9 Å². The van der Waals surface area contributed by atoms with E-state index in [2.05, 4.69) is 20.4 Å². The molecule has 0 aliphatic carbocycles. The van der Waals surface area contributed by atoms with Gasteiger partial charge in [0.1, 0.15) is 6.33 Å². The lowest BCUT2D eigenvalue weighted by molar-refractivity contribution is 0.851. The number of benzene rings is 1. The number of rotatable bonds is 3. The van der Waals surface area contributed by atoms with E-state index < -0.39 is 0 Å². The van der Waals surface area contributed by atoms with Crippen molar-refractivity contribution in [3.05, 3.63) is 42.7 Å². The zero-order valence-corrected chi connectivity index (χ0v) is 10.0. The molecule has 2 aromatic heterocycles. The molecule has 0 unspecified atom stereocenters. The topological polar surface area (TPSA) is 55.6 Å². The third kappa shape index (κ3) is 1.90. The molecular formula is C13H13N5. The smallest absolute Gasteiger partial charge is 0.242 e. The van der Waals surface area contributed by atoms with Gasteiger partial charge in [0, 0.05) is 11.9 Å². The molecule has 0 aliphatic heterocycles. The minimum atomic E-state index is 0.618. The molecule has 2 heterocycles. The van der Waals surface area contributed by atoms with Gasteiger partial charge in [-0.1, -0.05) is 18.2 Å². The molecule has 90 valence electrons. The molecular weight excluding hydrogens is 226 g/mol. The summed E-state index contributed by atoms with van der Waals surface area (Å²) >= 11 is 0. The molecule has 0 fully saturated rings. The maximum absolute atomic E-state index is 4.55. The van der Waals surface area contributed by atoms with Crippen LogP contribution in [-0.2, 0) is 0 Å².